The molecule has 0 aliphatic carbocycles. The first-order valence-corrected chi connectivity index (χ1v) is 4.37. The van der Waals surface area contributed by atoms with Crippen molar-refractivity contribution < 1.29 is 0 Å². The topological polar surface area (TPSA) is 59.7 Å². The molecule has 0 saturated heterocycles. The minimum absolute atomic E-state index is 0.201. The van der Waals surface area contributed by atoms with E-state index in [0.29, 0.717) is 6.54 Å². The average molecular weight is 176 g/mol. The molecule has 0 amide bonds. The summed E-state index contributed by atoms with van der Waals surface area (Å²) in [5, 5.41) is 9.50. The number of aryl methyl sites for hydroxylation is 1. The van der Waals surface area contributed by atoms with Gasteiger partial charge in [0.05, 0.1) is 0 Å². The zero-order chi connectivity index (χ0) is 9.52. The van der Waals surface area contributed by atoms with E-state index in [2.05, 4.69) is 17.4 Å². The SMILES string of the molecule is [NH]C(=N)NCCCc1ccccc1. The fraction of sp³-hybridized carbons (Fsp3) is 0.300. The van der Waals surface area contributed by atoms with E-state index in [0.717, 1.165) is 12.8 Å². The summed E-state index contributed by atoms with van der Waals surface area (Å²) in [4.78, 5) is 0. The molecule has 0 saturated carbocycles. The monoisotopic (exact) mass is 176 g/mol. The van der Waals surface area contributed by atoms with Crippen molar-refractivity contribution in [2.24, 2.45) is 0 Å². The molecule has 1 radical (unpaired) electrons. The Hall–Kier alpha value is -1.51. The van der Waals surface area contributed by atoms with Gasteiger partial charge in [-0.15, -0.1) is 0 Å². The van der Waals surface area contributed by atoms with Crippen LogP contribution in [0.25, 0.3) is 0 Å². The Morgan fingerprint density at radius 3 is 2.54 bits per heavy atom. The molecule has 1 rings (SSSR count). The highest BCUT2D eigenvalue weighted by atomic mass is 15.0. The zero-order valence-electron chi connectivity index (χ0n) is 7.51. The Labute approximate surface area is 78.5 Å². The molecule has 0 fully saturated rings. The van der Waals surface area contributed by atoms with Crippen molar-refractivity contribution in [3.8, 4) is 0 Å². The molecular weight excluding hydrogens is 162 g/mol. The van der Waals surface area contributed by atoms with Gasteiger partial charge in [-0.1, -0.05) is 30.3 Å². The van der Waals surface area contributed by atoms with E-state index in [1.165, 1.54) is 5.56 Å². The maximum absolute atomic E-state index is 6.83. The van der Waals surface area contributed by atoms with E-state index in [1.54, 1.807) is 0 Å². The van der Waals surface area contributed by atoms with E-state index in [9.17, 15) is 0 Å². The predicted octanol–water partition coefficient (Wildman–Crippen LogP) is 1.43. The quantitative estimate of drug-likeness (QED) is 0.407. The van der Waals surface area contributed by atoms with Crippen molar-refractivity contribution in [2.45, 2.75) is 12.8 Å². The number of rotatable bonds is 4. The summed E-state index contributed by atoms with van der Waals surface area (Å²) in [6.45, 7) is 0.706. The standard InChI is InChI=1S/C10H14N3/c11-10(12)13-8-4-7-9-5-2-1-3-6-9/h1-3,5-6,11H,4,7-8H2,(H2,12,13). The summed E-state index contributed by atoms with van der Waals surface area (Å²) in [5.74, 6) is -0.201. The van der Waals surface area contributed by atoms with Crippen LogP contribution in [0.4, 0.5) is 0 Å². The molecule has 3 nitrogen and oxygen atoms in total. The van der Waals surface area contributed by atoms with Crippen LogP contribution >= 0.6 is 0 Å². The molecule has 3 N–H and O–H groups in total. The van der Waals surface area contributed by atoms with Gasteiger partial charge in [-0.05, 0) is 18.4 Å². The summed E-state index contributed by atoms with van der Waals surface area (Å²) in [5.41, 5.74) is 8.14. The molecule has 3 heteroatoms. The lowest BCUT2D eigenvalue weighted by Crippen LogP contribution is -2.24. The second-order valence-corrected chi connectivity index (χ2v) is 2.89. The lowest BCUT2D eigenvalue weighted by atomic mass is 10.1. The van der Waals surface area contributed by atoms with Crippen molar-refractivity contribution in [3.63, 3.8) is 0 Å². The second-order valence-electron chi connectivity index (χ2n) is 2.89. The predicted molar refractivity (Wildman–Crippen MR) is 53.6 cm³/mol. The molecule has 0 atom stereocenters. The van der Waals surface area contributed by atoms with Gasteiger partial charge in [0, 0.05) is 6.54 Å². The van der Waals surface area contributed by atoms with Crippen LogP contribution in [0.2, 0.25) is 0 Å². The number of benzene rings is 1. The third-order valence-corrected chi connectivity index (χ3v) is 1.79. The highest BCUT2D eigenvalue weighted by Gasteiger charge is 1.91. The maximum Gasteiger partial charge on any atom is 0.207 e. The Morgan fingerprint density at radius 2 is 1.92 bits per heavy atom. The van der Waals surface area contributed by atoms with Crippen LogP contribution in [0.15, 0.2) is 30.3 Å². The second kappa shape index (κ2) is 5.19. The fourth-order valence-electron chi connectivity index (χ4n) is 1.15. The third-order valence-electron chi connectivity index (χ3n) is 1.79. The lowest BCUT2D eigenvalue weighted by Gasteiger charge is -2.02. The van der Waals surface area contributed by atoms with E-state index >= 15 is 0 Å². The van der Waals surface area contributed by atoms with Gasteiger partial charge in [-0.2, -0.15) is 0 Å². The first kappa shape index (κ1) is 9.58. The molecule has 0 heterocycles. The molecule has 0 aliphatic rings. The first-order valence-electron chi connectivity index (χ1n) is 4.37. The van der Waals surface area contributed by atoms with Crippen LogP contribution in [-0.4, -0.2) is 12.5 Å². The van der Waals surface area contributed by atoms with Crippen molar-refractivity contribution in [1.82, 2.24) is 11.1 Å². The van der Waals surface area contributed by atoms with Crippen molar-refractivity contribution >= 4 is 5.96 Å². The number of hydrogen-bond donors (Lipinski definition) is 2. The molecule has 0 unspecified atom stereocenters. The Bertz CT molecular complexity index is 256. The van der Waals surface area contributed by atoms with Crippen LogP contribution in [0, 0.1) is 5.41 Å². The zero-order valence-corrected chi connectivity index (χ0v) is 7.51. The van der Waals surface area contributed by atoms with Gasteiger partial charge in [0.25, 0.3) is 0 Å². The molecular formula is C10H14N3. The smallest absolute Gasteiger partial charge is 0.207 e. The summed E-state index contributed by atoms with van der Waals surface area (Å²) in [6.07, 6.45) is 1.96. The summed E-state index contributed by atoms with van der Waals surface area (Å²) < 4.78 is 0. The maximum atomic E-state index is 6.83. The minimum Gasteiger partial charge on any atom is -0.355 e. The number of guanidine groups is 1. The van der Waals surface area contributed by atoms with Crippen molar-refractivity contribution in [3.05, 3.63) is 35.9 Å². The molecule has 0 bridgehead atoms. The third kappa shape index (κ3) is 4.15. The van der Waals surface area contributed by atoms with Crippen LogP contribution in [0.3, 0.4) is 0 Å². The summed E-state index contributed by atoms with van der Waals surface area (Å²) in [7, 11) is 0. The van der Waals surface area contributed by atoms with E-state index < -0.39 is 0 Å². The van der Waals surface area contributed by atoms with Gasteiger partial charge in [-0.3, -0.25) is 11.1 Å². The van der Waals surface area contributed by atoms with Gasteiger partial charge in [0.2, 0.25) is 5.96 Å². The Balaban J connectivity index is 2.17. The van der Waals surface area contributed by atoms with Gasteiger partial charge in [0.15, 0.2) is 0 Å². The average Bonchev–Trinajstić information content (AvgIpc) is 2.14. The van der Waals surface area contributed by atoms with Crippen molar-refractivity contribution in [2.75, 3.05) is 6.54 Å². The van der Waals surface area contributed by atoms with Crippen LogP contribution in [0.5, 0.6) is 0 Å². The van der Waals surface area contributed by atoms with Gasteiger partial charge >= 0.3 is 0 Å². The highest BCUT2D eigenvalue weighted by Crippen LogP contribution is 2.00. The normalized spacial score (nSPS) is 9.54. The van der Waals surface area contributed by atoms with Gasteiger partial charge in [-0.25, -0.2) is 0 Å². The van der Waals surface area contributed by atoms with E-state index in [1.807, 2.05) is 18.2 Å². The summed E-state index contributed by atoms with van der Waals surface area (Å²) in [6, 6.07) is 10.2. The van der Waals surface area contributed by atoms with Crippen LogP contribution in [-0.2, 0) is 6.42 Å². The Kier molecular flexibility index (Phi) is 3.82. The largest absolute Gasteiger partial charge is 0.355 e. The van der Waals surface area contributed by atoms with E-state index in [-0.39, 0.29) is 5.96 Å². The Morgan fingerprint density at radius 1 is 1.23 bits per heavy atom. The van der Waals surface area contributed by atoms with Crippen LogP contribution < -0.4 is 11.1 Å². The number of hydrogen-bond acceptors (Lipinski definition) is 1. The van der Waals surface area contributed by atoms with Crippen molar-refractivity contribution in [1.29, 1.82) is 5.41 Å². The summed E-state index contributed by atoms with van der Waals surface area (Å²) >= 11 is 0. The van der Waals surface area contributed by atoms with Gasteiger partial charge in [0.1, 0.15) is 0 Å². The molecule has 1 aromatic carbocycles. The fourth-order valence-corrected chi connectivity index (χ4v) is 1.15. The molecule has 69 valence electrons. The molecule has 0 spiro atoms. The molecule has 13 heavy (non-hydrogen) atoms. The molecule has 1 aromatic rings. The minimum atomic E-state index is -0.201. The van der Waals surface area contributed by atoms with Gasteiger partial charge < -0.3 is 5.32 Å². The number of nitrogens with one attached hydrogen (secondary N) is 3. The lowest BCUT2D eigenvalue weighted by molar-refractivity contribution is 0.766. The van der Waals surface area contributed by atoms with E-state index in [4.69, 9.17) is 11.1 Å². The molecule has 0 aromatic heterocycles. The highest BCUT2D eigenvalue weighted by molar-refractivity contribution is 5.73. The first-order chi connectivity index (χ1) is 6.29. The van der Waals surface area contributed by atoms with Crippen LogP contribution in [0.1, 0.15) is 12.0 Å². The molecule has 0 aliphatic heterocycles.